The zero-order valence-electron chi connectivity index (χ0n) is 16.3. The van der Waals surface area contributed by atoms with Gasteiger partial charge in [-0.1, -0.05) is 29.4 Å². The summed E-state index contributed by atoms with van der Waals surface area (Å²) in [7, 11) is 1.69. The van der Waals surface area contributed by atoms with Crippen LogP contribution in [-0.2, 0) is 11.3 Å². The topological polar surface area (TPSA) is 83.7 Å². The van der Waals surface area contributed by atoms with Crippen molar-refractivity contribution in [3.8, 4) is 0 Å². The van der Waals surface area contributed by atoms with Crippen molar-refractivity contribution in [2.24, 2.45) is 0 Å². The van der Waals surface area contributed by atoms with Crippen LogP contribution in [-0.4, -0.2) is 46.3 Å². The minimum absolute atomic E-state index is 0.0786. The molecule has 3 amide bonds. The molecule has 0 saturated heterocycles. The van der Waals surface area contributed by atoms with Gasteiger partial charge in [0.1, 0.15) is 11.5 Å². The number of amides is 3. The average molecular weight is 391 g/mol. The normalized spacial score (nSPS) is 13.2. The highest BCUT2D eigenvalue weighted by atomic mass is 16.5. The number of aryl methyl sites for hydroxylation is 1. The Morgan fingerprint density at radius 3 is 2.34 bits per heavy atom. The standard InChI is InChI=1S/C22H21N3O4/c1-14-12-16(23-29-14)13-24(2)19(26)10-5-11-25-21(27)17-8-3-6-15-7-4-9-18(20(15)17)22(25)28/h3-4,6-9,12H,5,10-11,13H2,1-2H3. The molecule has 0 saturated carbocycles. The third-order valence-electron chi connectivity index (χ3n) is 5.13. The van der Waals surface area contributed by atoms with Gasteiger partial charge in [0.2, 0.25) is 5.91 Å². The van der Waals surface area contributed by atoms with Gasteiger partial charge in [-0.2, -0.15) is 0 Å². The minimum Gasteiger partial charge on any atom is -0.361 e. The van der Waals surface area contributed by atoms with Gasteiger partial charge in [-0.05, 0) is 30.9 Å². The molecule has 7 nitrogen and oxygen atoms in total. The fourth-order valence-corrected chi connectivity index (χ4v) is 3.69. The van der Waals surface area contributed by atoms with Crippen LogP contribution in [0.1, 0.15) is 45.0 Å². The van der Waals surface area contributed by atoms with Gasteiger partial charge in [-0.3, -0.25) is 19.3 Å². The highest BCUT2D eigenvalue weighted by Gasteiger charge is 2.32. The summed E-state index contributed by atoms with van der Waals surface area (Å²) in [5.74, 6) is -0.000290. The van der Waals surface area contributed by atoms with Crippen molar-refractivity contribution in [2.75, 3.05) is 13.6 Å². The van der Waals surface area contributed by atoms with E-state index in [0.717, 1.165) is 5.39 Å². The summed E-state index contributed by atoms with van der Waals surface area (Å²) in [6.45, 7) is 2.35. The summed E-state index contributed by atoms with van der Waals surface area (Å²) >= 11 is 0. The molecule has 0 fully saturated rings. The molecule has 0 aliphatic carbocycles. The first kappa shape index (κ1) is 18.9. The van der Waals surface area contributed by atoms with E-state index in [2.05, 4.69) is 5.16 Å². The minimum atomic E-state index is -0.307. The number of nitrogens with zero attached hydrogens (tertiary/aromatic N) is 3. The lowest BCUT2D eigenvalue weighted by atomic mass is 9.94. The van der Waals surface area contributed by atoms with Crippen LogP contribution in [0.4, 0.5) is 0 Å². The second-order valence-corrected chi connectivity index (χ2v) is 7.25. The van der Waals surface area contributed by atoms with E-state index in [0.29, 0.717) is 40.9 Å². The first-order valence-corrected chi connectivity index (χ1v) is 9.50. The summed E-state index contributed by atoms with van der Waals surface area (Å²) in [6, 6.07) is 12.7. The molecule has 1 aromatic heterocycles. The molecule has 148 valence electrons. The van der Waals surface area contributed by atoms with Crippen molar-refractivity contribution in [3.63, 3.8) is 0 Å². The van der Waals surface area contributed by atoms with Crippen molar-refractivity contribution in [3.05, 3.63) is 65.0 Å². The maximum Gasteiger partial charge on any atom is 0.261 e. The van der Waals surface area contributed by atoms with Crippen LogP contribution in [0, 0.1) is 6.92 Å². The van der Waals surface area contributed by atoms with Gasteiger partial charge >= 0.3 is 0 Å². The van der Waals surface area contributed by atoms with Crippen LogP contribution in [0.25, 0.3) is 10.8 Å². The molecular formula is C22H21N3O4. The van der Waals surface area contributed by atoms with Crippen LogP contribution in [0.2, 0.25) is 0 Å². The summed E-state index contributed by atoms with van der Waals surface area (Å²) in [4.78, 5) is 40.9. The molecule has 2 aromatic carbocycles. The van der Waals surface area contributed by atoms with E-state index >= 15 is 0 Å². The SMILES string of the molecule is Cc1cc(CN(C)C(=O)CCCN2C(=O)c3cccc4cccc(c34)C2=O)no1. The Bertz CT molecular complexity index is 1070. The molecule has 0 unspecified atom stereocenters. The Labute approximate surface area is 167 Å². The van der Waals surface area contributed by atoms with Crippen LogP contribution in [0.15, 0.2) is 47.0 Å². The summed E-state index contributed by atoms with van der Waals surface area (Å²) in [5, 5.41) is 5.47. The average Bonchev–Trinajstić information content (AvgIpc) is 3.12. The maximum absolute atomic E-state index is 12.9. The highest BCUT2D eigenvalue weighted by molar-refractivity contribution is 6.25. The molecule has 1 aliphatic heterocycles. The molecule has 0 bridgehead atoms. The maximum atomic E-state index is 12.9. The predicted molar refractivity (Wildman–Crippen MR) is 106 cm³/mol. The number of imide groups is 1. The summed E-state index contributed by atoms with van der Waals surface area (Å²) < 4.78 is 5.01. The number of hydrogen-bond donors (Lipinski definition) is 0. The Morgan fingerprint density at radius 2 is 1.76 bits per heavy atom. The van der Waals surface area contributed by atoms with Crippen LogP contribution in [0.5, 0.6) is 0 Å². The largest absolute Gasteiger partial charge is 0.361 e. The van der Waals surface area contributed by atoms with Crippen LogP contribution >= 0.6 is 0 Å². The first-order chi connectivity index (χ1) is 14.0. The molecule has 3 aromatic rings. The van der Waals surface area contributed by atoms with E-state index in [-0.39, 0.29) is 30.7 Å². The molecule has 2 heterocycles. The van der Waals surface area contributed by atoms with Crippen molar-refractivity contribution >= 4 is 28.5 Å². The van der Waals surface area contributed by atoms with E-state index in [1.54, 1.807) is 37.1 Å². The summed E-state index contributed by atoms with van der Waals surface area (Å²) in [5.41, 5.74) is 1.74. The van der Waals surface area contributed by atoms with Gasteiger partial charge in [0.25, 0.3) is 11.8 Å². The zero-order valence-corrected chi connectivity index (χ0v) is 16.3. The fraction of sp³-hybridized carbons (Fsp3) is 0.273. The van der Waals surface area contributed by atoms with E-state index in [1.165, 1.54) is 4.90 Å². The lowest BCUT2D eigenvalue weighted by molar-refractivity contribution is -0.130. The Balaban J connectivity index is 1.41. The van der Waals surface area contributed by atoms with Gasteiger partial charge in [0.05, 0.1) is 6.54 Å². The third kappa shape index (κ3) is 3.51. The van der Waals surface area contributed by atoms with E-state index in [9.17, 15) is 14.4 Å². The van der Waals surface area contributed by atoms with Gasteiger partial charge in [0, 0.05) is 42.6 Å². The molecule has 0 N–H and O–H groups in total. The van der Waals surface area contributed by atoms with Gasteiger partial charge in [-0.15, -0.1) is 0 Å². The van der Waals surface area contributed by atoms with Crippen molar-refractivity contribution in [1.82, 2.24) is 15.0 Å². The Morgan fingerprint density at radius 1 is 1.10 bits per heavy atom. The quantitative estimate of drug-likeness (QED) is 0.603. The van der Waals surface area contributed by atoms with Crippen molar-refractivity contribution < 1.29 is 18.9 Å². The fourth-order valence-electron chi connectivity index (χ4n) is 3.69. The molecule has 4 rings (SSSR count). The van der Waals surface area contributed by atoms with Gasteiger partial charge < -0.3 is 9.42 Å². The van der Waals surface area contributed by atoms with Crippen molar-refractivity contribution in [1.29, 1.82) is 0 Å². The van der Waals surface area contributed by atoms with E-state index < -0.39 is 0 Å². The van der Waals surface area contributed by atoms with Crippen molar-refractivity contribution in [2.45, 2.75) is 26.3 Å². The number of hydrogen-bond acceptors (Lipinski definition) is 5. The predicted octanol–water partition coefficient (Wildman–Crippen LogP) is 3.17. The zero-order chi connectivity index (χ0) is 20.5. The lowest BCUT2D eigenvalue weighted by Crippen LogP contribution is -2.41. The molecular weight excluding hydrogens is 370 g/mol. The van der Waals surface area contributed by atoms with Gasteiger partial charge in [-0.25, -0.2) is 0 Å². The molecule has 0 spiro atoms. The number of carbonyl (C=O) groups is 3. The van der Waals surface area contributed by atoms with E-state index in [1.807, 2.05) is 24.3 Å². The first-order valence-electron chi connectivity index (χ1n) is 9.50. The summed E-state index contributed by atoms with van der Waals surface area (Å²) in [6.07, 6.45) is 0.632. The van der Waals surface area contributed by atoms with Crippen LogP contribution in [0.3, 0.4) is 0 Å². The molecule has 7 heteroatoms. The third-order valence-corrected chi connectivity index (χ3v) is 5.13. The second-order valence-electron chi connectivity index (χ2n) is 7.25. The number of carbonyl (C=O) groups excluding carboxylic acids is 3. The number of rotatable bonds is 6. The Hall–Kier alpha value is -3.48. The number of benzene rings is 2. The lowest BCUT2D eigenvalue weighted by Gasteiger charge is -2.27. The Kier molecular flexibility index (Phi) is 4.88. The van der Waals surface area contributed by atoms with Crippen LogP contribution < -0.4 is 0 Å². The molecule has 0 atom stereocenters. The van der Waals surface area contributed by atoms with E-state index in [4.69, 9.17) is 4.52 Å². The van der Waals surface area contributed by atoms with Gasteiger partial charge in [0.15, 0.2) is 0 Å². The highest BCUT2D eigenvalue weighted by Crippen LogP contribution is 2.30. The second kappa shape index (κ2) is 7.50. The molecule has 29 heavy (non-hydrogen) atoms. The monoisotopic (exact) mass is 391 g/mol. The number of aromatic nitrogens is 1. The molecule has 0 radical (unpaired) electrons. The molecule has 1 aliphatic rings. The smallest absolute Gasteiger partial charge is 0.261 e.